The Balaban J connectivity index is 1.45. The molecule has 114 valence electrons. The van der Waals surface area contributed by atoms with Crippen molar-refractivity contribution in [3.8, 4) is 0 Å². The number of carbonyl (C=O) groups excluding carboxylic acids is 1. The Kier molecular flexibility index (Phi) is 4.32. The molecule has 1 saturated heterocycles. The molecule has 3 rings (SSSR count). The Labute approximate surface area is 127 Å². The summed E-state index contributed by atoms with van der Waals surface area (Å²) < 4.78 is 0. The molecule has 3 nitrogen and oxygen atoms in total. The van der Waals surface area contributed by atoms with Gasteiger partial charge in [-0.15, -0.1) is 0 Å². The topological polar surface area (TPSA) is 23.6 Å². The standard InChI is InChI=1S/C16H28N2OS/c1-13-10-14(13)15(19)18-8-6-17(7-9-18)11-16(12-20-2)4-3-5-16/h13-14H,3-12H2,1-2H3. The predicted molar refractivity (Wildman–Crippen MR) is 85.0 cm³/mol. The van der Waals surface area contributed by atoms with Crippen molar-refractivity contribution in [1.29, 1.82) is 0 Å². The first-order valence-corrected chi connectivity index (χ1v) is 9.53. The summed E-state index contributed by atoms with van der Waals surface area (Å²) in [6, 6.07) is 0. The first-order chi connectivity index (χ1) is 9.63. The fourth-order valence-corrected chi connectivity index (χ4v) is 4.82. The van der Waals surface area contributed by atoms with E-state index >= 15 is 0 Å². The minimum atomic E-state index is 0.357. The molecular weight excluding hydrogens is 268 g/mol. The minimum Gasteiger partial charge on any atom is -0.340 e. The van der Waals surface area contributed by atoms with Crippen LogP contribution in [0.1, 0.15) is 32.6 Å². The Bertz CT molecular complexity index is 361. The lowest BCUT2D eigenvalue weighted by atomic mass is 9.70. The molecule has 2 atom stereocenters. The molecule has 0 aromatic carbocycles. The number of carbonyl (C=O) groups is 1. The lowest BCUT2D eigenvalue weighted by Gasteiger charge is -2.47. The lowest BCUT2D eigenvalue weighted by Crippen LogP contribution is -2.53. The van der Waals surface area contributed by atoms with Crippen molar-refractivity contribution >= 4 is 17.7 Å². The second-order valence-corrected chi connectivity index (χ2v) is 8.07. The van der Waals surface area contributed by atoms with Crippen LogP contribution in [0.4, 0.5) is 0 Å². The summed E-state index contributed by atoms with van der Waals surface area (Å²) in [5.41, 5.74) is 0.594. The van der Waals surface area contributed by atoms with E-state index in [1.807, 2.05) is 11.8 Å². The number of hydrogen-bond acceptors (Lipinski definition) is 3. The molecule has 2 aliphatic carbocycles. The molecule has 0 N–H and O–H groups in total. The van der Waals surface area contributed by atoms with Crippen molar-refractivity contribution in [2.75, 3.05) is 44.7 Å². The monoisotopic (exact) mass is 296 g/mol. The third-order valence-corrected chi connectivity index (χ3v) is 6.44. The number of thioether (sulfide) groups is 1. The summed E-state index contributed by atoms with van der Waals surface area (Å²) in [6.45, 7) is 7.54. The van der Waals surface area contributed by atoms with Crippen LogP contribution >= 0.6 is 11.8 Å². The zero-order valence-electron chi connectivity index (χ0n) is 12.9. The van der Waals surface area contributed by atoms with Crippen LogP contribution in [0.15, 0.2) is 0 Å². The Morgan fingerprint density at radius 2 is 1.90 bits per heavy atom. The largest absolute Gasteiger partial charge is 0.340 e. The molecule has 0 aromatic heterocycles. The van der Waals surface area contributed by atoms with Gasteiger partial charge >= 0.3 is 0 Å². The summed E-state index contributed by atoms with van der Waals surface area (Å²) in [5.74, 6) is 2.74. The van der Waals surface area contributed by atoms with Crippen molar-refractivity contribution in [3.63, 3.8) is 0 Å². The second kappa shape index (κ2) is 5.88. The first-order valence-electron chi connectivity index (χ1n) is 8.14. The number of hydrogen-bond donors (Lipinski definition) is 0. The number of piperazine rings is 1. The van der Waals surface area contributed by atoms with Crippen LogP contribution in [0.25, 0.3) is 0 Å². The van der Waals surface area contributed by atoms with Gasteiger partial charge in [0.25, 0.3) is 0 Å². The van der Waals surface area contributed by atoms with Crippen molar-refractivity contribution in [2.45, 2.75) is 32.6 Å². The minimum absolute atomic E-state index is 0.357. The molecule has 0 aromatic rings. The van der Waals surface area contributed by atoms with Crippen LogP contribution in [0.3, 0.4) is 0 Å². The van der Waals surface area contributed by atoms with Gasteiger partial charge in [0.05, 0.1) is 0 Å². The lowest BCUT2D eigenvalue weighted by molar-refractivity contribution is -0.134. The maximum atomic E-state index is 12.2. The normalized spacial score (nSPS) is 32.8. The summed E-state index contributed by atoms with van der Waals surface area (Å²) in [6.07, 6.45) is 7.58. The van der Waals surface area contributed by atoms with Gasteiger partial charge in [0, 0.05) is 38.6 Å². The summed E-state index contributed by atoms with van der Waals surface area (Å²) in [5, 5.41) is 0. The first kappa shape index (κ1) is 14.7. The highest BCUT2D eigenvalue weighted by Gasteiger charge is 2.43. The maximum absolute atomic E-state index is 12.2. The van der Waals surface area contributed by atoms with E-state index in [9.17, 15) is 4.79 Å². The van der Waals surface area contributed by atoms with Crippen molar-refractivity contribution in [2.24, 2.45) is 17.3 Å². The van der Waals surface area contributed by atoms with E-state index < -0.39 is 0 Å². The molecule has 2 unspecified atom stereocenters. The van der Waals surface area contributed by atoms with E-state index in [-0.39, 0.29) is 0 Å². The van der Waals surface area contributed by atoms with E-state index in [0.29, 0.717) is 23.2 Å². The third-order valence-electron chi connectivity index (χ3n) is 5.53. The van der Waals surface area contributed by atoms with Crippen molar-refractivity contribution in [3.05, 3.63) is 0 Å². The fourth-order valence-electron chi connectivity index (χ4n) is 3.83. The smallest absolute Gasteiger partial charge is 0.226 e. The molecule has 1 heterocycles. The van der Waals surface area contributed by atoms with Gasteiger partial charge in [0.2, 0.25) is 5.91 Å². The molecular formula is C16H28N2OS. The van der Waals surface area contributed by atoms with E-state index in [1.165, 1.54) is 31.6 Å². The van der Waals surface area contributed by atoms with Crippen LogP contribution in [0, 0.1) is 17.3 Å². The summed E-state index contributed by atoms with van der Waals surface area (Å²) in [4.78, 5) is 17.0. The SMILES string of the molecule is CSCC1(CN2CCN(C(=O)C3CC3C)CC2)CCC1. The van der Waals surface area contributed by atoms with Gasteiger partial charge in [0.15, 0.2) is 0 Å². The molecule has 1 aliphatic heterocycles. The molecule has 1 amide bonds. The molecule has 0 spiro atoms. The van der Waals surface area contributed by atoms with Gasteiger partial charge in [-0.1, -0.05) is 13.3 Å². The Morgan fingerprint density at radius 3 is 2.35 bits per heavy atom. The van der Waals surface area contributed by atoms with Crippen LogP contribution in [-0.4, -0.2) is 60.4 Å². The second-order valence-electron chi connectivity index (χ2n) is 7.21. The highest BCUT2D eigenvalue weighted by molar-refractivity contribution is 7.98. The Hall–Kier alpha value is -0.220. The quantitative estimate of drug-likeness (QED) is 0.778. The molecule has 0 bridgehead atoms. The molecule has 20 heavy (non-hydrogen) atoms. The van der Waals surface area contributed by atoms with Crippen molar-refractivity contribution in [1.82, 2.24) is 9.80 Å². The molecule has 3 aliphatic rings. The predicted octanol–water partition coefficient (Wildman–Crippen LogP) is 2.32. The van der Waals surface area contributed by atoms with E-state index in [0.717, 1.165) is 32.6 Å². The van der Waals surface area contributed by atoms with Gasteiger partial charge in [0.1, 0.15) is 0 Å². The van der Waals surface area contributed by atoms with Crippen molar-refractivity contribution < 1.29 is 4.79 Å². The third kappa shape index (κ3) is 3.01. The van der Waals surface area contributed by atoms with Crippen LogP contribution in [0.5, 0.6) is 0 Å². The van der Waals surface area contributed by atoms with E-state index in [2.05, 4.69) is 23.0 Å². The average molecular weight is 296 g/mol. The highest BCUT2D eigenvalue weighted by Crippen LogP contribution is 2.44. The van der Waals surface area contributed by atoms with Gasteiger partial charge in [-0.05, 0) is 42.6 Å². The fraction of sp³-hybridized carbons (Fsp3) is 0.938. The molecule has 3 fully saturated rings. The summed E-state index contributed by atoms with van der Waals surface area (Å²) in [7, 11) is 0. The van der Waals surface area contributed by atoms with Crippen LogP contribution in [0.2, 0.25) is 0 Å². The van der Waals surface area contributed by atoms with Gasteiger partial charge in [-0.3, -0.25) is 9.69 Å². The van der Waals surface area contributed by atoms with Gasteiger partial charge < -0.3 is 4.90 Å². The number of nitrogens with zero attached hydrogens (tertiary/aromatic N) is 2. The zero-order chi connectivity index (χ0) is 14.2. The van der Waals surface area contributed by atoms with E-state index in [1.54, 1.807) is 0 Å². The molecule has 4 heteroatoms. The Morgan fingerprint density at radius 1 is 1.25 bits per heavy atom. The number of rotatable bonds is 5. The maximum Gasteiger partial charge on any atom is 0.226 e. The zero-order valence-corrected chi connectivity index (χ0v) is 13.8. The van der Waals surface area contributed by atoms with Gasteiger partial charge in [-0.25, -0.2) is 0 Å². The van der Waals surface area contributed by atoms with E-state index in [4.69, 9.17) is 0 Å². The van der Waals surface area contributed by atoms with Crippen LogP contribution < -0.4 is 0 Å². The molecule has 0 radical (unpaired) electrons. The summed E-state index contributed by atoms with van der Waals surface area (Å²) >= 11 is 2.00. The average Bonchev–Trinajstić information content (AvgIpc) is 3.13. The number of amides is 1. The highest BCUT2D eigenvalue weighted by atomic mass is 32.2. The van der Waals surface area contributed by atoms with Crippen LogP contribution in [-0.2, 0) is 4.79 Å². The van der Waals surface area contributed by atoms with Gasteiger partial charge in [-0.2, -0.15) is 11.8 Å². The molecule has 2 saturated carbocycles.